The lowest BCUT2D eigenvalue weighted by Crippen LogP contribution is -2.32. The van der Waals surface area contributed by atoms with E-state index in [1.165, 1.54) is 0 Å². The number of carbonyl (C=O) groups excluding carboxylic acids is 1. The lowest BCUT2D eigenvalue weighted by molar-refractivity contribution is 0.0252. The Bertz CT molecular complexity index is 1050. The minimum Gasteiger partial charge on any atom is -0.440 e. The van der Waals surface area contributed by atoms with Gasteiger partial charge in [0.2, 0.25) is 0 Å². The predicted octanol–water partition coefficient (Wildman–Crippen LogP) is 3.92. The Morgan fingerprint density at radius 1 is 0.893 bits per heavy atom. The zero-order chi connectivity index (χ0) is 20.1. The number of rotatable bonds is 4. The van der Waals surface area contributed by atoms with Gasteiger partial charge in [-0.3, -0.25) is 0 Å². The second-order valence-corrected chi connectivity index (χ2v) is 7.62. The molecule has 1 aromatic heterocycles. The fourth-order valence-electron chi connectivity index (χ4n) is 4.08. The number of ether oxygens (including phenoxy) is 1. The van der Waals surface area contributed by atoms with Crippen molar-refractivity contribution >= 4 is 17.3 Å². The maximum Gasteiger partial charge on any atom is 0.340 e. The number of aryl methyl sites for hydroxylation is 1. The van der Waals surface area contributed by atoms with E-state index in [0.29, 0.717) is 5.56 Å². The van der Waals surface area contributed by atoms with Crippen molar-refractivity contribution in [1.29, 1.82) is 0 Å². The smallest absolute Gasteiger partial charge is 0.340 e. The third-order valence-electron chi connectivity index (χ3n) is 5.46. The highest BCUT2D eigenvalue weighted by molar-refractivity contribution is 5.98. The number of hydrogen-bond acceptors (Lipinski definition) is 4. The molecular weight excluding hydrogens is 350 g/mol. The number of anilines is 2. The van der Waals surface area contributed by atoms with Crippen LogP contribution >= 0.6 is 0 Å². The summed E-state index contributed by atoms with van der Waals surface area (Å²) in [4.78, 5) is 20.3. The van der Waals surface area contributed by atoms with Gasteiger partial charge in [-0.1, -0.05) is 24.3 Å². The molecule has 0 saturated heterocycles. The molecule has 0 fully saturated rings. The van der Waals surface area contributed by atoms with E-state index in [9.17, 15) is 4.79 Å². The Hall–Kier alpha value is -3.21. The third-order valence-corrected chi connectivity index (χ3v) is 5.46. The first-order valence-corrected chi connectivity index (χ1v) is 9.32. The molecule has 5 nitrogen and oxygen atoms in total. The van der Waals surface area contributed by atoms with E-state index in [-0.39, 0.29) is 5.97 Å². The number of cyclic esters (lactones) is 1. The molecule has 4 rings (SSSR count). The molecule has 2 heterocycles. The van der Waals surface area contributed by atoms with Crippen LogP contribution in [-0.4, -0.2) is 39.1 Å². The zero-order valence-electron chi connectivity index (χ0n) is 16.9. The number of nitrogens with zero attached hydrogens (tertiary/aromatic N) is 2. The Morgan fingerprint density at radius 2 is 1.64 bits per heavy atom. The van der Waals surface area contributed by atoms with Crippen molar-refractivity contribution in [2.45, 2.75) is 12.5 Å². The van der Waals surface area contributed by atoms with E-state index in [0.717, 1.165) is 33.8 Å². The Kier molecular flexibility index (Phi) is 4.18. The summed E-state index contributed by atoms with van der Waals surface area (Å²) < 4.78 is 6.25. The van der Waals surface area contributed by atoms with Crippen LogP contribution < -0.4 is 9.80 Å². The lowest BCUT2D eigenvalue weighted by atomic mass is 9.79. The first kappa shape index (κ1) is 18.2. The number of hydrogen-bond donors (Lipinski definition) is 1. The highest BCUT2D eigenvalue weighted by atomic mass is 16.6. The maximum atomic E-state index is 13.1. The van der Waals surface area contributed by atoms with E-state index in [1.54, 1.807) is 0 Å². The summed E-state index contributed by atoms with van der Waals surface area (Å²) in [6.45, 7) is 2.01. The van der Waals surface area contributed by atoms with Crippen LogP contribution in [-0.2, 0) is 10.3 Å². The van der Waals surface area contributed by atoms with Crippen LogP contribution in [0.4, 0.5) is 11.4 Å². The van der Waals surface area contributed by atoms with Crippen molar-refractivity contribution in [3.63, 3.8) is 0 Å². The number of benzene rings is 2. The fourth-order valence-corrected chi connectivity index (χ4v) is 4.08. The van der Waals surface area contributed by atoms with E-state index in [1.807, 2.05) is 88.7 Å². The lowest BCUT2D eigenvalue weighted by Gasteiger charge is -2.33. The van der Waals surface area contributed by atoms with Gasteiger partial charge < -0.3 is 19.5 Å². The van der Waals surface area contributed by atoms with E-state index in [2.05, 4.69) is 16.0 Å². The maximum absolute atomic E-state index is 13.1. The molecule has 1 atom stereocenters. The molecule has 3 aromatic rings. The van der Waals surface area contributed by atoms with Gasteiger partial charge in [-0.25, -0.2) is 4.79 Å². The Labute approximate surface area is 165 Å². The summed E-state index contributed by atoms with van der Waals surface area (Å²) in [6.07, 6.45) is 1.89. The van der Waals surface area contributed by atoms with Crippen LogP contribution in [0.15, 0.2) is 54.7 Å². The molecule has 1 unspecified atom stereocenters. The molecule has 1 N–H and O–H groups in total. The summed E-state index contributed by atoms with van der Waals surface area (Å²) in [5.41, 5.74) is 5.37. The van der Waals surface area contributed by atoms with Crippen molar-refractivity contribution in [2.24, 2.45) is 0 Å². The average molecular weight is 375 g/mol. The molecule has 144 valence electrons. The van der Waals surface area contributed by atoms with Gasteiger partial charge in [-0.05, 0) is 31.2 Å². The molecule has 0 aliphatic carbocycles. The minimum atomic E-state index is -0.984. The van der Waals surface area contributed by atoms with E-state index in [4.69, 9.17) is 4.74 Å². The summed E-state index contributed by atoms with van der Waals surface area (Å²) in [5, 5.41) is 0. The molecule has 28 heavy (non-hydrogen) atoms. The molecule has 5 heteroatoms. The average Bonchev–Trinajstić information content (AvgIpc) is 3.23. The van der Waals surface area contributed by atoms with Crippen LogP contribution in [0.5, 0.6) is 0 Å². The monoisotopic (exact) mass is 375 g/mol. The molecule has 0 spiro atoms. The topological polar surface area (TPSA) is 48.6 Å². The van der Waals surface area contributed by atoms with Crippen LogP contribution in [0.2, 0.25) is 0 Å². The summed E-state index contributed by atoms with van der Waals surface area (Å²) >= 11 is 0. The predicted molar refractivity (Wildman–Crippen MR) is 112 cm³/mol. The van der Waals surface area contributed by atoms with Gasteiger partial charge in [0.05, 0.1) is 5.56 Å². The molecule has 1 aliphatic heterocycles. The van der Waals surface area contributed by atoms with Gasteiger partial charge in [0.1, 0.15) is 0 Å². The SMILES string of the molecule is Cc1[nH]ccc1C1(c2ccccc2N(C)C)OC(=O)c2cc(N(C)C)ccc21. The van der Waals surface area contributed by atoms with Crippen molar-refractivity contribution in [3.05, 3.63) is 82.7 Å². The first-order chi connectivity index (χ1) is 13.4. The van der Waals surface area contributed by atoms with Crippen molar-refractivity contribution < 1.29 is 9.53 Å². The molecule has 0 radical (unpaired) electrons. The van der Waals surface area contributed by atoms with Gasteiger partial charge in [-0.15, -0.1) is 0 Å². The fraction of sp³-hybridized carbons (Fsp3) is 0.261. The number of carbonyl (C=O) groups is 1. The van der Waals surface area contributed by atoms with Gasteiger partial charge in [0, 0.05) is 68.1 Å². The van der Waals surface area contributed by atoms with Crippen LogP contribution in [0.1, 0.15) is 32.7 Å². The number of H-pyrrole nitrogens is 1. The Morgan fingerprint density at radius 3 is 2.29 bits per heavy atom. The largest absolute Gasteiger partial charge is 0.440 e. The standard InChI is InChI=1S/C23H25N3O2/c1-15-18(12-13-24-15)23(20-8-6-7-9-21(20)26(4)5)19-11-10-16(25(2)3)14-17(19)22(27)28-23/h6-14,24H,1-5H3. The number of para-hydroxylation sites is 1. The van der Waals surface area contributed by atoms with E-state index < -0.39 is 5.60 Å². The van der Waals surface area contributed by atoms with Crippen LogP contribution in [0.25, 0.3) is 0 Å². The van der Waals surface area contributed by atoms with Crippen molar-refractivity contribution in [2.75, 3.05) is 38.0 Å². The van der Waals surface area contributed by atoms with Crippen molar-refractivity contribution in [1.82, 2.24) is 4.98 Å². The minimum absolute atomic E-state index is 0.298. The van der Waals surface area contributed by atoms with Gasteiger partial charge in [0.15, 0.2) is 5.60 Å². The quantitative estimate of drug-likeness (QED) is 0.702. The molecule has 0 bridgehead atoms. The molecule has 2 aromatic carbocycles. The number of nitrogens with one attached hydrogen (secondary N) is 1. The van der Waals surface area contributed by atoms with Crippen LogP contribution in [0, 0.1) is 6.92 Å². The zero-order valence-corrected chi connectivity index (χ0v) is 16.9. The highest BCUT2D eigenvalue weighted by Crippen LogP contribution is 2.50. The molecule has 0 saturated carbocycles. The van der Waals surface area contributed by atoms with Gasteiger partial charge >= 0.3 is 5.97 Å². The summed E-state index contributed by atoms with van der Waals surface area (Å²) in [7, 11) is 7.94. The van der Waals surface area contributed by atoms with Gasteiger partial charge in [-0.2, -0.15) is 0 Å². The Balaban J connectivity index is 2.08. The van der Waals surface area contributed by atoms with Crippen molar-refractivity contribution in [3.8, 4) is 0 Å². The normalized spacial score (nSPS) is 18.0. The highest BCUT2D eigenvalue weighted by Gasteiger charge is 2.51. The van der Waals surface area contributed by atoms with Gasteiger partial charge in [0.25, 0.3) is 0 Å². The molecule has 0 amide bonds. The summed E-state index contributed by atoms with van der Waals surface area (Å²) in [5.74, 6) is -0.298. The molecule has 1 aliphatic rings. The second-order valence-electron chi connectivity index (χ2n) is 7.62. The first-order valence-electron chi connectivity index (χ1n) is 9.32. The number of fused-ring (bicyclic) bond motifs is 1. The number of aromatic nitrogens is 1. The second kappa shape index (κ2) is 6.44. The van der Waals surface area contributed by atoms with E-state index >= 15 is 0 Å². The number of esters is 1. The summed E-state index contributed by atoms with van der Waals surface area (Å²) in [6, 6.07) is 16.1. The number of aromatic amines is 1. The molecular formula is C23H25N3O2. The van der Waals surface area contributed by atoms with Crippen LogP contribution in [0.3, 0.4) is 0 Å². The third kappa shape index (κ3) is 2.50.